The third kappa shape index (κ3) is 3.09. The lowest BCUT2D eigenvalue weighted by Crippen LogP contribution is -1.98. The Morgan fingerprint density at radius 2 is 1.18 bits per heavy atom. The summed E-state index contributed by atoms with van der Waals surface area (Å²) >= 11 is 0. The lowest BCUT2D eigenvalue weighted by Gasteiger charge is -2.14. The van der Waals surface area contributed by atoms with Crippen LogP contribution in [-0.2, 0) is 0 Å². The van der Waals surface area contributed by atoms with Crippen molar-refractivity contribution in [2.45, 2.75) is 0 Å². The first kappa shape index (κ1) is 22.6. The normalized spacial score (nSPS) is 11.7. The highest BCUT2D eigenvalue weighted by molar-refractivity contribution is 6.09. The molecule has 8 rings (SSSR count). The maximum absolute atomic E-state index is 5.00. The Kier molecular flexibility index (Phi) is 4.82. The lowest BCUT2D eigenvalue weighted by molar-refractivity contribution is 1.18. The average molecular weight is 512 g/mol. The molecule has 0 N–H and O–H groups in total. The molecule has 3 nitrogen and oxygen atoms in total. The Morgan fingerprint density at radius 1 is 0.550 bits per heavy atom. The molecule has 5 aromatic carbocycles. The van der Waals surface area contributed by atoms with Crippen LogP contribution in [0.1, 0.15) is 11.3 Å². The van der Waals surface area contributed by atoms with Gasteiger partial charge in [-0.15, -0.1) is 0 Å². The Morgan fingerprint density at radius 3 is 1.85 bits per heavy atom. The molecule has 3 heteroatoms. The maximum atomic E-state index is 5.00. The topological polar surface area (TPSA) is 22.2 Å². The fourth-order valence-electron chi connectivity index (χ4n) is 6.27. The van der Waals surface area contributed by atoms with Gasteiger partial charge in [-0.25, -0.2) is 4.98 Å². The second kappa shape index (κ2) is 8.55. The number of para-hydroxylation sites is 4. The Balaban J connectivity index is 1.31. The van der Waals surface area contributed by atoms with E-state index in [-0.39, 0.29) is 0 Å². The zero-order valence-corrected chi connectivity index (χ0v) is 21.9. The minimum absolute atomic E-state index is 0.935. The number of rotatable bonds is 4. The van der Waals surface area contributed by atoms with Crippen molar-refractivity contribution in [3.05, 3.63) is 140 Å². The van der Waals surface area contributed by atoms with Crippen LogP contribution in [0, 0.1) is 0 Å². The molecule has 0 atom stereocenters. The van der Waals surface area contributed by atoms with Crippen LogP contribution in [0.2, 0.25) is 0 Å². The van der Waals surface area contributed by atoms with E-state index in [2.05, 4.69) is 125 Å². The van der Waals surface area contributed by atoms with E-state index in [1.54, 1.807) is 0 Å². The van der Waals surface area contributed by atoms with E-state index in [4.69, 9.17) is 4.98 Å². The molecular formula is C37H25N3. The van der Waals surface area contributed by atoms with Crippen molar-refractivity contribution in [3.63, 3.8) is 0 Å². The van der Waals surface area contributed by atoms with Gasteiger partial charge in [-0.2, -0.15) is 0 Å². The standard InChI is InChI=1S/C37H25N3/c1-3-27-31-23-25(19-22-30(31)37-38-32-13-7-10-16-36(32)40(37)33(27)4-2)24-17-20-26(21-18-24)39-34-14-8-5-11-28(34)29-12-6-9-15-35(29)39/h3-23H,1-2H2. The smallest absolute Gasteiger partial charge is 0.146 e. The van der Waals surface area contributed by atoms with Crippen LogP contribution in [0.3, 0.4) is 0 Å². The molecule has 0 aliphatic rings. The Hall–Kier alpha value is -5.41. The molecule has 40 heavy (non-hydrogen) atoms. The van der Waals surface area contributed by atoms with Gasteiger partial charge in [0.15, 0.2) is 0 Å². The summed E-state index contributed by atoms with van der Waals surface area (Å²) in [6.45, 7) is 8.31. The van der Waals surface area contributed by atoms with Crippen molar-refractivity contribution >= 4 is 61.4 Å². The van der Waals surface area contributed by atoms with Crippen molar-refractivity contribution in [1.29, 1.82) is 0 Å². The minimum Gasteiger partial charge on any atom is -0.309 e. The summed E-state index contributed by atoms with van der Waals surface area (Å²) in [5.41, 5.74) is 10.9. The second-order valence-electron chi connectivity index (χ2n) is 10.1. The highest BCUT2D eigenvalue weighted by Crippen LogP contribution is 2.36. The van der Waals surface area contributed by atoms with Crippen LogP contribution in [-0.4, -0.2) is 14.0 Å². The third-order valence-electron chi connectivity index (χ3n) is 8.06. The molecule has 3 heterocycles. The number of fused-ring (bicyclic) bond motifs is 8. The highest BCUT2D eigenvalue weighted by atomic mass is 15.0. The summed E-state index contributed by atoms with van der Waals surface area (Å²) in [6, 6.07) is 41.0. The molecular weight excluding hydrogens is 486 g/mol. The molecule has 0 unspecified atom stereocenters. The van der Waals surface area contributed by atoms with Crippen LogP contribution in [0.15, 0.2) is 128 Å². The first-order valence-corrected chi connectivity index (χ1v) is 13.5. The summed E-state index contributed by atoms with van der Waals surface area (Å²) in [7, 11) is 0. The zero-order chi connectivity index (χ0) is 26.8. The molecule has 0 saturated heterocycles. The number of benzene rings is 5. The molecule has 0 aliphatic heterocycles. The second-order valence-corrected chi connectivity index (χ2v) is 10.1. The van der Waals surface area contributed by atoms with Gasteiger partial charge < -0.3 is 4.57 Å². The van der Waals surface area contributed by atoms with Crippen molar-refractivity contribution in [2.75, 3.05) is 0 Å². The van der Waals surface area contributed by atoms with Gasteiger partial charge in [0.1, 0.15) is 5.65 Å². The van der Waals surface area contributed by atoms with Crippen LogP contribution in [0.25, 0.3) is 78.2 Å². The molecule has 0 fully saturated rings. The lowest BCUT2D eigenvalue weighted by atomic mass is 9.97. The van der Waals surface area contributed by atoms with E-state index in [0.717, 1.165) is 55.5 Å². The van der Waals surface area contributed by atoms with Crippen LogP contribution in [0.4, 0.5) is 0 Å². The minimum atomic E-state index is 0.935. The number of pyridine rings is 1. The average Bonchev–Trinajstić information content (AvgIpc) is 3.57. The molecule has 188 valence electrons. The van der Waals surface area contributed by atoms with Gasteiger partial charge in [-0.3, -0.25) is 4.40 Å². The molecule has 0 radical (unpaired) electrons. The van der Waals surface area contributed by atoms with Gasteiger partial charge in [-0.05, 0) is 71.1 Å². The van der Waals surface area contributed by atoms with Gasteiger partial charge >= 0.3 is 0 Å². The van der Waals surface area contributed by atoms with E-state index < -0.39 is 0 Å². The first-order chi connectivity index (χ1) is 19.8. The summed E-state index contributed by atoms with van der Waals surface area (Å²) in [6.07, 6.45) is 3.84. The quantitative estimate of drug-likeness (QED) is 0.231. The van der Waals surface area contributed by atoms with Gasteiger partial charge in [0.05, 0.1) is 27.8 Å². The summed E-state index contributed by atoms with van der Waals surface area (Å²) in [4.78, 5) is 5.00. The molecule has 0 spiro atoms. The molecule has 0 saturated carbocycles. The van der Waals surface area contributed by atoms with E-state index in [1.165, 1.54) is 21.8 Å². The Bertz CT molecular complexity index is 2240. The summed E-state index contributed by atoms with van der Waals surface area (Å²) in [5.74, 6) is 0. The van der Waals surface area contributed by atoms with E-state index in [1.807, 2.05) is 24.3 Å². The maximum Gasteiger partial charge on any atom is 0.146 e. The van der Waals surface area contributed by atoms with Crippen molar-refractivity contribution < 1.29 is 0 Å². The number of nitrogens with zero attached hydrogens (tertiary/aromatic N) is 3. The van der Waals surface area contributed by atoms with Crippen LogP contribution < -0.4 is 0 Å². The van der Waals surface area contributed by atoms with Crippen molar-refractivity contribution in [2.24, 2.45) is 0 Å². The molecule has 8 aromatic rings. The zero-order valence-electron chi connectivity index (χ0n) is 21.9. The molecule has 0 amide bonds. The predicted octanol–water partition coefficient (Wildman–Crippen LogP) is 9.69. The number of hydrogen-bond donors (Lipinski definition) is 0. The van der Waals surface area contributed by atoms with E-state index in [9.17, 15) is 0 Å². The SMILES string of the molecule is C=Cc1c(C=C)n2c3ccccc3nc2c2ccc(-c3ccc(-n4c5ccccc5c5ccccc54)cc3)cc12. The van der Waals surface area contributed by atoms with E-state index in [0.29, 0.717) is 0 Å². The van der Waals surface area contributed by atoms with Crippen LogP contribution in [0.5, 0.6) is 0 Å². The van der Waals surface area contributed by atoms with Crippen molar-refractivity contribution in [1.82, 2.24) is 14.0 Å². The predicted molar refractivity (Wildman–Crippen MR) is 170 cm³/mol. The number of aromatic nitrogens is 3. The largest absolute Gasteiger partial charge is 0.309 e. The Labute approximate surface area is 231 Å². The monoisotopic (exact) mass is 511 g/mol. The fraction of sp³-hybridized carbons (Fsp3) is 0. The number of hydrogen-bond acceptors (Lipinski definition) is 1. The van der Waals surface area contributed by atoms with E-state index >= 15 is 0 Å². The molecule has 3 aromatic heterocycles. The fourth-order valence-corrected chi connectivity index (χ4v) is 6.27. The van der Waals surface area contributed by atoms with Gasteiger partial charge in [-0.1, -0.05) is 86.0 Å². The summed E-state index contributed by atoms with van der Waals surface area (Å²) < 4.78 is 4.54. The third-order valence-corrected chi connectivity index (χ3v) is 8.06. The molecule has 0 aliphatic carbocycles. The highest BCUT2D eigenvalue weighted by Gasteiger charge is 2.16. The number of imidazole rings is 1. The summed E-state index contributed by atoms with van der Waals surface area (Å²) in [5, 5.41) is 4.76. The van der Waals surface area contributed by atoms with Gasteiger partial charge in [0.25, 0.3) is 0 Å². The first-order valence-electron chi connectivity index (χ1n) is 13.5. The van der Waals surface area contributed by atoms with Gasteiger partial charge in [0, 0.05) is 27.4 Å². The van der Waals surface area contributed by atoms with Crippen LogP contribution >= 0.6 is 0 Å². The van der Waals surface area contributed by atoms with Crippen molar-refractivity contribution in [3.8, 4) is 16.8 Å². The van der Waals surface area contributed by atoms with Gasteiger partial charge in [0.2, 0.25) is 0 Å². The molecule has 0 bridgehead atoms.